The van der Waals surface area contributed by atoms with Crippen molar-refractivity contribution >= 4 is 27.3 Å². The third kappa shape index (κ3) is 4.21. The van der Waals surface area contributed by atoms with Crippen molar-refractivity contribution in [1.82, 2.24) is 4.98 Å². The lowest BCUT2D eigenvalue weighted by Gasteiger charge is -2.11. The molecule has 0 saturated heterocycles. The van der Waals surface area contributed by atoms with Crippen LogP contribution in [0, 0.1) is 10.1 Å². The van der Waals surface area contributed by atoms with Gasteiger partial charge in [-0.05, 0) is 22.4 Å². The largest absolute Gasteiger partial charge is 0.391 e. The highest BCUT2D eigenvalue weighted by atomic mass is 79.9. The Hall–Kier alpha value is -1.25. The Morgan fingerprint density at radius 2 is 2.39 bits per heavy atom. The van der Waals surface area contributed by atoms with E-state index < -0.39 is 11.0 Å². The number of methoxy groups -OCH3 is 1. The molecule has 0 amide bonds. The monoisotopic (exact) mass is 319 g/mol. The highest BCUT2D eigenvalue weighted by molar-refractivity contribution is 9.10. The van der Waals surface area contributed by atoms with Crippen molar-refractivity contribution in [2.45, 2.75) is 12.5 Å². The van der Waals surface area contributed by atoms with Crippen LogP contribution in [0.5, 0.6) is 0 Å². The fourth-order valence-corrected chi connectivity index (χ4v) is 1.84. The van der Waals surface area contributed by atoms with E-state index in [4.69, 9.17) is 4.74 Å². The zero-order chi connectivity index (χ0) is 13.5. The van der Waals surface area contributed by atoms with E-state index in [1.165, 1.54) is 19.5 Å². The van der Waals surface area contributed by atoms with Crippen LogP contribution in [0.4, 0.5) is 11.4 Å². The number of halogens is 1. The van der Waals surface area contributed by atoms with Gasteiger partial charge < -0.3 is 15.2 Å². The summed E-state index contributed by atoms with van der Waals surface area (Å²) in [6, 6.07) is 0. The molecule has 1 aromatic rings. The number of aliphatic hydroxyl groups excluding tert-OH is 1. The summed E-state index contributed by atoms with van der Waals surface area (Å²) in [7, 11) is 1.50. The summed E-state index contributed by atoms with van der Waals surface area (Å²) in [6.45, 7) is 0.634. The minimum Gasteiger partial charge on any atom is -0.391 e. The van der Waals surface area contributed by atoms with Crippen LogP contribution in [-0.2, 0) is 4.74 Å². The average Bonchev–Trinajstić information content (AvgIpc) is 2.31. The van der Waals surface area contributed by atoms with Gasteiger partial charge in [-0.25, -0.2) is 0 Å². The summed E-state index contributed by atoms with van der Waals surface area (Å²) < 4.78 is 5.30. The molecule has 0 bridgehead atoms. The van der Waals surface area contributed by atoms with Crippen LogP contribution in [0.2, 0.25) is 0 Å². The molecule has 8 heteroatoms. The minimum absolute atomic E-state index is 0.106. The molecule has 0 aliphatic heterocycles. The number of aromatic nitrogens is 1. The van der Waals surface area contributed by atoms with Gasteiger partial charge in [0.15, 0.2) is 0 Å². The summed E-state index contributed by atoms with van der Waals surface area (Å²) in [4.78, 5) is 14.0. The summed E-state index contributed by atoms with van der Waals surface area (Å²) >= 11 is 3.20. The Bertz CT molecular complexity index is 416. The molecule has 0 aromatic carbocycles. The van der Waals surface area contributed by atoms with Crippen LogP contribution in [0.25, 0.3) is 0 Å². The second-order valence-corrected chi connectivity index (χ2v) is 4.45. The molecular formula is C10H14BrN3O4. The Morgan fingerprint density at radius 1 is 1.67 bits per heavy atom. The number of nitrogens with one attached hydrogen (secondary N) is 1. The second kappa shape index (κ2) is 7.24. The molecular weight excluding hydrogens is 306 g/mol. The molecule has 1 rings (SSSR count). The van der Waals surface area contributed by atoms with Crippen LogP contribution in [0.15, 0.2) is 16.9 Å². The molecule has 0 aliphatic carbocycles. The van der Waals surface area contributed by atoms with Crippen molar-refractivity contribution in [3.8, 4) is 0 Å². The van der Waals surface area contributed by atoms with Gasteiger partial charge in [-0.1, -0.05) is 0 Å². The summed E-state index contributed by atoms with van der Waals surface area (Å²) in [5, 5.41) is 23.2. The van der Waals surface area contributed by atoms with E-state index in [-0.39, 0.29) is 12.3 Å². The zero-order valence-electron chi connectivity index (χ0n) is 9.80. The van der Waals surface area contributed by atoms with E-state index >= 15 is 0 Å². The maximum Gasteiger partial charge on any atom is 0.311 e. The molecule has 2 N–H and O–H groups in total. The lowest BCUT2D eigenvalue weighted by Crippen LogP contribution is -2.18. The number of pyridine rings is 1. The molecule has 1 aromatic heterocycles. The van der Waals surface area contributed by atoms with E-state index in [2.05, 4.69) is 26.2 Å². The van der Waals surface area contributed by atoms with Crippen LogP contribution in [0.3, 0.4) is 0 Å². The van der Waals surface area contributed by atoms with Crippen molar-refractivity contribution < 1.29 is 14.8 Å². The number of hydrogen-bond donors (Lipinski definition) is 2. The summed E-state index contributed by atoms with van der Waals surface area (Å²) in [6.07, 6.45) is 2.49. The SMILES string of the molecule is COCC(O)CCNc1c(Br)cncc1[N+](=O)[O-]. The molecule has 0 radical (unpaired) electrons. The van der Waals surface area contributed by atoms with Gasteiger partial charge in [-0.2, -0.15) is 0 Å². The minimum atomic E-state index is -0.595. The maximum absolute atomic E-state index is 10.8. The average molecular weight is 320 g/mol. The van der Waals surface area contributed by atoms with E-state index in [9.17, 15) is 15.2 Å². The quantitative estimate of drug-likeness (QED) is 0.584. The molecule has 0 spiro atoms. The van der Waals surface area contributed by atoms with E-state index in [1.54, 1.807) is 0 Å². The number of aliphatic hydroxyl groups is 1. The van der Waals surface area contributed by atoms with Gasteiger partial charge in [0, 0.05) is 19.9 Å². The lowest BCUT2D eigenvalue weighted by atomic mass is 10.2. The first kappa shape index (κ1) is 14.8. The van der Waals surface area contributed by atoms with Crippen LogP contribution in [0.1, 0.15) is 6.42 Å². The van der Waals surface area contributed by atoms with E-state index in [1.807, 2.05) is 0 Å². The zero-order valence-corrected chi connectivity index (χ0v) is 11.4. The van der Waals surface area contributed by atoms with Crippen LogP contribution < -0.4 is 5.32 Å². The first-order chi connectivity index (χ1) is 8.56. The third-order valence-electron chi connectivity index (χ3n) is 2.21. The molecule has 0 saturated carbocycles. The van der Waals surface area contributed by atoms with Crippen molar-refractivity contribution in [3.05, 3.63) is 27.0 Å². The van der Waals surface area contributed by atoms with E-state index in [0.717, 1.165) is 0 Å². The Kier molecular flexibility index (Phi) is 5.96. The van der Waals surface area contributed by atoms with Gasteiger partial charge in [0.05, 0.1) is 22.1 Å². The Morgan fingerprint density at radius 3 is 3.00 bits per heavy atom. The molecule has 0 aliphatic rings. The Labute approximate surface area is 112 Å². The van der Waals surface area contributed by atoms with Gasteiger partial charge in [0.1, 0.15) is 11.9 Å². The smallest absolute Gasteiger partial charge is 0.311 e. The highest BCUT2D eigenvalue weighted by Gasteiger charge is 2.17. The van der Waals surface area contributed by atoms with Gasteiger partial charge in [0.25, 0.3) is 0 Å². The predicted molar refractivity (Wildman–Crippen MR) is 69.6 cm³/mol. The van der Waals surface area contributed by atoms with Gasteiger partial charge >= 0.3 is 5.69 Å². The fourth-order valence-electron chi connectivity index (χ4n) is 1.38. The van der Waals surface area contributed by atoms with Crippen molar-refractivity contribution in [3.63, 3.8) is 0 Å². The van der Waals surface area contributed by atoms with Gasteiger partial charge in [-0.3, -0.25) is 15.1 Å². The number of anilines is 1. The topological polar surface area (TPSA) is 97.5 Å². The fraction of sp³-hybridized carbons (Fsp3) is 0.500. The molecule has 0 fully saturated rings. The normalized spacial score (nSPS) is 12.2. The molecule has 7 nitrogen and oxygen atoms in total. The highest BCUT2D eigenvalue weighted by Crippen LogP contribution is 2.30. The van der Waals surface area contributed by atoms with Crippen LogP contribution >= 0.6 is 15.9 Å². The van der Waals surface area contributed by atoms with E-state index in [0.29, 0.717) is 23.1 Å². The first-order valence-electron chi connectivity index (χ1n) is 5.25. The summed E-state index contributed by atoms with van der Waals surface area (Å²) in [5.41, 5.74) is 0.255. The molecule has 1 heterocycles. The first-order valence-corrected chi connectivity index (χ1v) is 6.04. The number of hydrogen-bond acceptors (Lipinski definition) is 6. The maximum atomic E-state index is 10.8. The number of rotatable bonds is 7. The number of ether oxygens (including phenoxy) is 1. The molecule has 18 heavy (non-hydrogen) atoms. The third-order valence-corrected chi connectivity index (χ3v) is 2.82. The lowest BCUT2D eigenvalue weighted by molar-refractivity contribution is -0.384. The van der Waals surface area contributed by atoms with Gasteiger partial charge in [0.2, 0.25) is 0 Å². The predicted octanol–water partition coefficient (Wildman–Crippen LogP) is 1.56. The molecule has 100 valence electrons. The standard InChI is InChI=1S/C10H14BrN3O4/c1-18-6-7(15)2-3-13-10-8(11)4-12-5-9(10)14(16)17/h4-5,7,15H,2-3,6H2,1H3,(H,12,13). The summed E-state index contributed by atoms with van der Waals surface area (Å²) in [5.74, 6) is 0. The van der Waals surface area contributed by atoms with Crippen LogP contribution in [-0.4, -0.2) is 41.4 Å². The second-order valence-electron chi connectivity index (χ2n) is 3.60. The van der Waals surface area contributed by atoms with Crippen molar-refractivity contribution in [2.75, 3.05) is 25.6 Å². The van der Waals surface area contributed by atoms with Crippen molar-refractivity contribution in [2.24, 2.45) is 0 Å². The molecule has 1 unspecified atom stereocenters. The van der Waals surface area contributed by atoms with Gasteiger partial charge in [-0.15, -0.1) is 0 Å². The number of nitro groups is 1. The van der Waals surface area contributed by atoms with Crippen molar-refractivity contribution in [1.29, 1.82) is 0 Å². The molecule has 1 atom stereocenters. The Balaban J connectivity index is 2.64. The number of nitrogens with zero attached hydrogens (tertiary/aromatic N) is 2.